The molecule has 2 fully saturated rings. The van der Waals surface area contributed by atoms with E-state index in [0.717, 1.165) is 4.90 Å². The number of carbonyl (C=O) groups is 2. The van der Waals surface area contributed by atoms with E-state index in [-0.39, 0.29) is 30.8 Å². The van der Waals surface area contributed by atoms with E-state index in [1.807, 2.05) is 5.32 Å². The Morgan fingerprint density at radius 1 is 1.23 bits per heavy atom. The van der Waals surface area contributed by atoms with Crippen molar-refractivity contribution >= 4 is 17.5 Å². The summed E-state index contributed by atoms with van der Waals surface area (Å²) in [5.74, 6) is -4.95. The number of alkyl halides is 7. The van der Waals surface area contributed by atoms with Crippen LogP contribution in [0.1, 0.15) is 77.9 Å². The van der Waals surface area contributed by atoms with Gasteiger partial charge in [-0.1, -0.05) is 0 Å². The lowest BCUT2D eigenvalue weighted by Crippen LogP contribution is -2.40. The van der Waals surface area contributed by atoms with Crippen molar-refractivity contribution in [2.75, 3.05) is 20.3 Å². The lowest BCUT2D eigenvalue weighted by Gasteiger charge is -2.32. The van der Waals surface area contributed by atoms with Gasteiger partial charge in [-0.05, 0) is 35.1 Å². The zero-order valence-electron chi connectivity index (χ0n) is 22.5. The maximum atomic E-state index is 14.0. The average Bonchev–Trinajstić information content (AvgIpc) is 3.68. The highest BCUT2D eigenvalue weighted by Gasteiger charge is 2.48. The highest BCUT2D eigenvalue weighted by atomic mass is 19.4. The quantitative estimate of drug-likeness (QED) is 0.251. The van der Waals surface area contributed by atoms with Crippen LogP contribution in [-0.4, -0.2) is 80.0 Å². The molecule has 0 radical (unpaired) electrons. The summed E-state index contributed by atoms with van der Waals surface area (Å²) < 4.78 is 105. The molecule has 0 bridgehead atoms. The maximum Gasteiger partial charge on any atom is 0.410 e. The fraction of sp³-hybridized carbons (Fsp3) is 0.600. The Hall–Kier alpha value is -3.83. The second-order valence-corrected chi connectivity index (χ2v) is 10.7. The lowest BCUT2D eigenvalue weighted by molar-refractivity contribution is -0.150. The molecule has 0 unspecified atom stereocenters. The van der Waals surface area contributed by atoms with E-state index in [9.17, 15) is 40.3 Å². The van der Waals surface area contributed by atoms with Gasteiger partial charge in [-0.25, -0.2) is 36.5 Å². The van der Waals surface area contributed by atoms with Crippen LogP contribution in [0.2, 0.25) is 0 Å². The number of nitrogens with zero attached hydrogens (tertiary/aromatic N) is 6. The molecule has 11 nitrogen and oxygen atoms in total. The van der Waals surface area contributed by atoms with Gasteiger partial charge in [0.1, 0.15) is 6.04 Å². The second kappa shape index (κ2) is 11.7. The standard InChI is InChI=1S/C25H26F7N7O4/c1-42-11-16(38-10-18(25(30,31)32)35-23(38)41)13-6-19-34-15(9-39(19)33-8-13)14(12-2-4-24(28,29)5-3-12)7-17(40)20-21(22(26)27)37-43-36-20/h6,8-9,12,14,16,18,22H,2-5,7,10-11H2,1H3,(H,35,41)/t14-,16+,18-/m0/s1. The predicted octanol–water partition coefficient (Wildman–Crippen LogP) is 4.88. The van der Waals surface area contributed by atoms with Crippen LogP contribution in [0, 0.1) is 5.92 Å². The first-order chi connectivity index (χ1) is 20.3. The number of ketones is 1. The van der Waals surface area contributed by atoms with E-state index in [0.29, 0.717) is 5.56 Å². The van der Waals surface area contributed by atoms with Crippen LogP contribution >= 0.6 is 0 Å². The molecule has 4 heterocycles. The molecule has 234 valence electrons. The van der Waals surface area contributed by atoms with Crippen molar-refractivity contribution in [1.29, 1.82) is 0 Å². The number of aromatic nitrogens is 5. The van der Waals surface area contributed by atoms with Gasteiger partial charge in [0.25, 0.3) is 6.43 Å². The van der Waals surface area contributed by atoms with Crippen molar-refractivity contribution in [3.8, 4) is 0 Å². The SMILES string of the molecule is COC[C@H](c1cnn2cc([C@@H](CC(=O)c3nonc3C(F)F)C3CCC(F)(F)CC3)nc2c1)N1C[C@@H](C(F)(F)F)NC1=O. The molecule has 1 aliphatic heterocycles. The fourth-order valence-electron chi connectivity index (χ4n) is 5.61. The van der Waals surface area contributed by atoms with Crippen LogP contribution in [0.15, 0.2) is 23.1 Å². The largest absolute Gasteiger partial charge is 0.410 e. The topological polar surface area (TPSA) is 128 Å². The van der Waals surface area contributed by atoms with E-state index >= 15 is 0 Å². The number of ether oxygens (including phenoxy) is 1. The van der Waals surface area contributed by atoms with Gasteiger partial charge < -0.3 is 15.0 Å². The molecule has 3 aromatic rings. The van der Waals surface area contributed by atoms with Gasteiger partial charge in [0.2, 0.25) is 5.92 Å². The first-order valence-electron chi connectivity index (χ1n) is 13.3. The molecule has 2 aliphatic rings. The number of rotatable bonds is 10. The summed E-state index contributed by atoms with van der Waals surface area (Å²) in [7, 11) is 1.32. The van der Waals surface area contributed by atoms with E-state index in [4.69, 9.17) is 4.74 Å². The number of nitrogens with one attached hydrogen (secondary N) is 1. The van der Waals surface area contributed by atoms with Gasteiger partial charge in [0, 0.05) is 37.9 Å². The van der Waals surface area contributed by atoms with Crippen LogP contribution in [0.5, 0.6) is 0 Å². The summed E-state index contributed by atoms with van der Waals surface area (Å²) in [5.41, 5.74) is -0.820. The van der Waals surface area contributed by atoms with E-state index in [1.165, 1.54) is 30.1 Å². The van der Waals surface area contributed by atoms with Crippen molar-refractivity contribution in [2.45, 2.75) is 68.6 Å². The number of hydrogen-bond acceptors (Lipinski definition) is 8. The number of imidazole rings is 1. The molecule has 2 amide bonds. The van der Waals surface area contributed by atoms with E-state index in [2.05, 4.69) is 25.0 Å². The maximum absolute atomic E-state index is 14.0. The Labute approximate surface area is 238 Å². The molecule has 0 aromatic carbocycles. The molecule has 1 saturated heterocycles. The Morgan fingerprint density at radius 2 is 1.95 bits per heavy atom. The zero-order valence-corrected chi connectivity index (χ0v) is 22.5. The highest BCUT2D eigenvalue weighted by molar-refractivity contribution is 5.95. The van der Waals surface area contributed by atoms with Crippen LogP contribution in [-0.2, 0) is 4.74 Å². The average molecular weight is 622 g/mol. The van der Waals surface area contributed by atoms with Crippen LogP contribution in [0.4, 0.5) is 35.5 Å². The van der Waals surface area contributed by atoms with Gasteiger partial charge in [-0.3, -0.25) is 4.79 Å². The van der Waals surface area contributed by atoms with Crippen molar-refractivity contribution in [3.63, 3.8) is 0 Å². The molecule has 1 N–H and O–H groups in total. The van der Waals surface area contributed by atoms with Crippen molar-refractivity contribution in [3.05, 3.63) is 41.1 Å². The minimum Gasteiger partial charge on any atom is -0.382 e. The molecular weight excluding hydrogens is 595 g/mol. The molecular formula is C25H26F7N7O4. The van der Waals surface area contributed by atoms with Crippen molar-refractivity contribution in [2.24, 2.45) is 5.92 Å². The predicted molar refractivity (Wildman–Crippen MR) is 131 cm³/mol. The summed E-state index contributed by atoms with van der Waals surface area (Å²) in [6.45, 7) is -0.815. The number of hydrogen-bond donors (Lipinski definition) is 1. The third-order valence-electron chi connectivity index (χ3n) is 7.88. The van der Waals surface area contributed by atoms with Gasteiger partial charge in [-0.15, -0.1) is 0 Å². The zero-order chi connectivity index (χ0) is 31.1. The minimum absolute atomic E-state index is 0.0383. The van der Waals surface area contributed by atoms with Crippen LogP contribution in [0.25, 0.3) is 5.65 Å². The summed E-state index contributed by atoms with van der Waals surface area (Å²) in [4.78, 5) is 31.0. The Morgan fingerprint density at radius 3 is 2.58 bits per heavy atom. The normalized spacial score (nSPS) is 21.0. The molecule has 3 aromatic heterocycles. The smallest absolute Gasteiger partial charge is 0.382 e. The number of fused-ring (bicyclic) bond motifs is 1. The second-order valence-electron chi connectivity index (χ2n) is 10.7. The fourth-order valence-corrected chi connectivity index (χ4v) is 5.61. The van der Waals surface area contributed by atoms with Crippen LogP contribution in [0.3, 0.4) is 0 Å². The van der Waals surface area contributed by atoms with Gasteiger partial charge >= 0.3 is 12.2 Å². The Bertz CT molecular complexity index is 1470. The first kappa shape index (κ1) is 30.6. The van der Waals surface area contributed by atoms with E-state index < -0.39 is 91.5 Å². The number of Topliss-reactive ketones (excluding diaryl/α,β-unsaturated/α-hetero) is 1. The van der Waals surface area contributed by atoms with Gasteiger partial charge in [0.15, 0.2) is 22.8 Å². The number of urea groups is 1. The van der Waals surface area contributed by atoms with Gasteiger partial charge in [-0.2, -0.15) is 18.3 Å². The highest BCUT2D eigenvalue weighted by Crippen LogP contribution is 2.44. The third kappa shape index (κ3) is 6.42. The van der Waals surface area contributed by atoms with Gasteiger partial charge in [0.05, 0.1) is 37.3 Å². The summed E-state index contributed by atoms with van der Waals surface area (Å²) in [6, 6.07) is -2.48. The number of carbonyl (C=O) groups excluding carboxylic acids is 2. The summed E-state index contributed by atoms with van der Waals surface area (Å²) in [5, 5.41) is 12.6. The van der Waals surface area contributed by atoms with Crippen LogP contribution < -0.4 is 5.32 Å². The molecule has 0 spiro atoms. The van der Waals surface area contributed by atoms with Crippen molar-refractivity contribution < 1.29 is 49.7 Å². The molecule has 3 atom stereocenters. The first-order valence-corrected chi connectivity index (χ1v) is 13.3. The van der Waals surface area contributed by atoms with E-state index in [1.54, 1.807) is 0 Å². The molecule has 5 rings (SSSR count). The summed E-state index contributed by atoms with van der Waals surface area (Å²) in [6.07, 6.45) is -6.18. The molecule has 1 saturated carbocycles. The molecule has 43 heavy (non-hydrogen) atoms. The lowest BCUT2D eigenvalue weighted by atomic mass is 9.75. The minimum atomic E-state index is -4.66. The monoisotopic (exact) mass is 621 g/mol. The number of methoxy groups -OCH3 is 1. The molecule has 1 aliphatic carbocycles. The summed E-state index contributed by atoms with van der Waals surface area (Å²) >= 11 is 0. The number of amides is 2. The Kier molecular flexibility index (Phi) is 8.32. The number of halogens is 7. The molecule has 18 heteroatoms. The Balaban J connectivity index is 1.46. The third-order valence-corrected chi connectivity index (χ3v) is 7.88. The van der Waals surface area contributed by atoms with Crippen molar-refractivity contribution in [1.82, 2.24) is 35.1 Å².